The molecule has 0 radical (unpaired) electrons. The Morgan fingerprint density at radius 3 is 2.60 bits per heavy atom. The van der Waals surface area contributed by atoms with E-state index in [1.807, 2.05) is 36.4 Å². The number of hydrogen-bond donors (Lipinski definition) is 4. The summed E-state index contributed by atoms with van der Waals surface area (Å²) in [6.45, 7) is 0.0353. The summed E-state index contributed by atoms with van der Waals surface area (Å²) in [5, 5.41) is 22.2. The van der Waals surface area contributed by atoms with Crippen LogP contribution in [0.5, 0.6) is 5.88 Å². The number of carbonyl (C=O) groups is 2. The summed E-state index contributed by atoms with van der Waals surface area (Å²) in [4.78, 5) is 29.8. The second-order valence-electron chi connectivity index (χ2n) is 7.12. The summed E-state index contributed by atoms with van der Waals surface area (Å²) in [7, 11) is 0. The average Bonchev–Trinajstić information content (AvgIpc) is 3.34. The number of H-pyrrole nitrogens is 1. The Morgan fingerprint density at radius 1 is 1.23 bits per heavy atom. The molecule has 3 heterocycles. The van der Waals surface area contributed by atoms with E-state index in [4.69, 9.17) is 4.74 Å². The lowest BCUT2D eigenvalue weighted by Crippen LogP contribution is -2.50. The first-order chi connectivity index (χ1) is 14.4. The molecule has 1 aliphatic rings. The highest BCUT2D eigenvalue weighted by Gasteiger charge is 2.36. The van der Waals surface area contributed by atoms with Gasteiger partial charge in [0.05, 0.1) is 26.2 Å². The molecule has 8 nitrogen and oxygen atoms in total. The SMILES string of the molecule is O=C(N[C@@H](Cc1ccccc1)C(=O)N1C[C@@H](O)[C@@H](O)C1)Oc1cc2sc(Br)cc2[nH]1. The van der Waals surface area contributed by atoms with E-state index >= 15 is 0 Å². The Labute approximate surface area is 184 Å². The minimum absolute atomic E-state index is 0.0177. The molecule has 3 aromatic rings. The number of carbonyl (C=O) groups excluding carboxylic acids is 2. The van der Waals surface area contributed by atoms with Gasteiger partial charge in [-0.05, 0) is 27.6 Å². The summed E-state index contributed by atoms with van der Waals surface area (Å²) in [6, 6.07) is 12.0. The van der Waals surface area contributed by atoms with Crippen molar-refractivity contribution in [2.24, 2.45) is 0 Å². The van der Waals surface area contributed by atoms with Gasteiger partial charge in [-0.3, -0.25) is 4.79 Å². The van der Waals surface area contributed by atoms with Gasteiger partial charge >= 0.3 is 6.09 Å². The van der Waals surface area contributed by atoms with Crippen molar-refractivity contribution in [2.75, 3.05) is 13.1 Å². The number of nitrogens with zero attached hydrogens (tertiary/aromatic N) is 1. The van der Waals surface area contributed by atoms with Crippen molar-refractivity contribution in [2.45, 2.75) is 24.7 Å². The lowest BCUT2D eigenvalue weighted by atomic mass is 10.1. The summed E-state index contributed by atoms with van der Waals surface area (Å²) in [5.41, 5.74) is 1.70. The van der Waals surface area contributed by atoms with Crippen molar-refractivity contribution >= 4 is 49.5 Å². The van der Waals surface area contributed by atoms with Gasteiger partial charge in [-0.25, -0.2) is 4.79 Å². The quantitative estimate of drug-likeness (QED) is 0.435. The van der Waals surface area contributed by atoms with Crippen LogP contribution in [0.25, 0.3) is 10.2 Å². The van der Waals surface area contributed by atoms with E-state index in [1.54, 1.807) is 6.07 Å². The number of aliphatic hydroxyl groups excluding tert-OH is 2. The highest BCUT2D eigenvalue weighted by molar-refractivity contribution is 9.11. The molecule has 0 unspecified atom stereocenters. The Morgan fingerprint density at radius 2 is 1.93 bits per heavy atom. The zero-order valence-electron chi connectivity index (χ0n) is 15.7. The normalized spacial score (nSPS) is 19.8. The van der Waals surface area contributed by atoms with E-state index in [-0.39, 0.29) is 31.3 Å². The van der Waals surface area contributed by atoms with Gasteiger partial charge in [0.15, 0.2) is 0 Å². The van der Waals surface area contributed by atoms with E-state index in [2.05, 4.69) is 26.2 Å². The molecule has 1 saturated heterocycles. The minimum Gasteiger partial charge on any atom is -0.393 e. The predicted octanol–water partition coefficient (Wildman–Crippen LogP) is 2.26. The molecule has 158 valence electrons. The Balaban J connectivity index is 1.47. The molecule has 2 amide bonds. The number of hydrogen-bond acceptors (Lipinski definition) is 6. The number of fused-ring (bicyclic) bond motifs is 1. The zero-order valence-corrected chi connectivity index (χ0v) is 18.1. The van der Waals surface area contributed by atoms with Crippen LogP contribution in [0.2, 0.25) is 0 Å². The van der Waals surface area contributed by atoms with E-state index in [1.165, 1.54) is 16.2 Å². The molecule has 3 atom stereocenters. The number of rotatable bonds is 5. The van der Waals surface area contributed by atoms with Gasteiger partial charge in [0.25, 0.3) is 0 Å². The molecule has 1 fully saturated rings. The highest BCUT2D eigenvalue weighted by Crippen LogP contribution is 2.32. The first kappa shape index (κ1) is 20.9. The number of benzene rings is 1. The standard InChI is InChI=1S/C20H20BrN3O5S/c21-17-7-12-16(30-17)8-18(22-12)29-20(28)23-13(6-11-4-2-1-3-5-11)19(27)24-9-14(25)15(26)10-24/h1-5,7-8,13-15,22,25-26H,6,9-10H2,(H,23,28)/t13-,14-,15+/m0/s1. The van der Waals surface area contributed by atoms with Gasteiger partial charge in [0.2, 0.25) is 11.8 Å². The first-order valence-corrected chi connectivity index (χ1v) is 11.0. The average molecular weight is 494 g/mol. The van der Waals surface area contributed by atoms with Crippen LogP contribution in [0.4, 0.5) is 4.79 Å². The Bertz CT molecular complexity index is 1010. The van der Waals surface area contributed by atoms with Gasteiger partial charge in [-0.1, -0.05) is 30.3 Å². The van der Waals surface area contributed by atoms with Crippen LogP contribution in [0.1, 0.15) is 5.56 Å². The Kier molecular flexibility index (Phi) is 6.09. The number of aromatic amines is 1. The molecule has 1 aromatic carbocycles. The molecular formula is C20H20BrN3O5S. The fourth-order valence-electron chi connectivity index (χ4n) is 3.41. The maximum Gasteiger partial charge on any atom is 0.414 e. The third-order valence-electron chi connectivity index (χ3n) is 4.90. The van der Waals surface area contributed by atoms with Gasteiger partial charge in [-0.15, -0.1) is 11.3 Å². The summed E-state index contributed by atoms with van der Waals surface area (Å²) in [6.07, 6.45) is -2.50. The summed E-state index contributed by atoms with van der Waals surface area (Å²) >= 11 is 4.90. The monoisotopic (exact) mass is 493 g/mol. The maximum atomic E-state index is 13.0. The number of nitrogens with one attached hydrogen (secondary N) is 2. The maximum absolute atomic E-state index is 13.0. The summed E-state index contributed by atoms with van der Waals surface area (Å²) < 4.78 is 7.23. The number of likely N-dealkylation sites (tertiary alicyclic amines) is 1. The summed E-state index contributed by atoms with van der Waals surface area (Å²) in [5.74, 6) is -0.109. The second kappa shape index (κ2) is 8.76. The fraction of sp³-hybridized carbons (Fsp3) is 0.300. The highest BCUT2D eigenvalue weighted by atomic mass is 79.9. The molecule has 0 aliphatic carbocycles. The van der Waals surface area contributed by atoms with E-state index in [9.17, 15) is 19.8 Å². The Hall–Kier alpha value is -2.40. The van der Waals surface area contributed by atoms with E-state index < -0.39 is 24.3 Å². The molecular weight excluding hydrogens is 474 g/mol. The topological polar surface area (TPSA) is 115 Å². The van der Waals surface area contributed by atoms with Crippen LogP contribution in [0.15, 0.2) is 46.3 Å². The largest absolute Gasteiger partial charge is 0.414 e. The van der Waals surface area contributed by atoms with Crippen LogP contribution in [0.3, 0.4) is 0 Å². The third kappa shape index (κ3) is 4.67. The first-order valence-electron chi connectivity index (χ1n) is 9.34. The number of aromatic nitrogens is 1. The molecule has 0 bridgehead atoms. The van der Waals surface area contributed by atoms with Crippen molar-refractivity contribution in [1.29, 1.82) is 0 Å². The molecule has 2 aromatic heterocycles. The lowest BCUT2D eigenvalue weighted by Gasteiger charge is -2.24. The smallest absolute Gasteiger partial charge is 0.393 e. The fourth-order valence-corrected chi connectivity index (χ4v) is 4.94. The van der Waals surface area contributed by atoms with Gasteiger partial charge in [-0.2, -0.15) is 0 Å². The molecule has 4 N–H and O–H groups in total. The van der Waals surface area contributed by atoms with Crippen LogP contribution in [-0.4, -0.2) is 63.4 Å². The number of thiophene rings is 1. The van der Waals surface area contributed by atoms with Crippen molar-refractivity contribution in [3.63, 3.8) is 0 Å². The number of aliphatic hydroxyl groups is 2. The van der Waals surface area contributed by atoms with E-state index in [0.717, 1.165) is 19.6 Å². The zero-order chi connectivity index (χ0) is 21.3. The van der Waals surface area contributed by atoms with Gasteiger partial charge in [0, 0.05) is 25.6 Å². The van der Waals surface area contributed by atoms with Crippen LogP contribution < -0.4 is 10.1 Å². The number of β-amino-alcohol motifs (C(OH)–C–C–N with tert-alkyl or cyclic N) is 2. The van der Waals surface area contributed by atoms with Gasteiger partial charge < -0.3 is 30.2 Å². The number of amides is 2. The van der Waals surface area contributed by atoms with Crippen LogP contribution in [-0.2, 0) is 11.2 Å². The van der Waals surface area contributed by atoms with Crippen molar-refractivity contribution in [1.82, 2.24) is 15.2 Å². The molecule has 30 heavy (non-hydrogen) atoms. The van der Waals surface area contributed by atoms with Crippen molar-refractivity contribution in [3.8, 4) is 5.88 Å². The van der Waals surface area contributed by atoms with Crippen LogP contribution in [0, 0.1) is 0 Å². The molecule has 10 heteroatoms. The number of halogens is 1. The van der Waals surface area contributed by atoms with Gasteiger partial charge in [0.1, 0.15) is 6.04 Å². The minimum atomic E-state index is -0.996. The molecule has 1 aliphatic heterocycles. The van der Waals surface area contributed by atoms with E-state index in [0.29, 0.717) is 0 Å². The molecule has 4 rings (SSSR count). The lowest BCUT2D eigenvalue weighted by molar-refractivity contribution is -0.132. The molecule has 0 spiro atoms. The van der Waals surface area contributed by atoms with Crippen LogP contribution >= 0.6 is 27.3 Å². The van der Waals surface area contributed by atoms with Crippen molar-refractivity contribution < 1.29 is 24.5 Å². The number of ether oxygens (including phenoxy) is 1. The third-order valence-corrected chi connectivity index (χ3v) is 6.48. The second-order valence-corrected chi connectivity index (χ2v) is 9.58. The van der Waals surface area contributed by atoms with Crippen molar-refractivity contribution in [3.05, 3.63) is 51.8 Å². The molecule has 0 saturated carbocycles. The predicted molar refractivity (Wildman–Crippen MR) is 116 cm³/mol.